The predicted molar refractivity (Wildman–Crippen MR) is 87.7 cm³/mol. The molecule has 0 aliphatic heterocycles. The SMILES string of the molecule is CCCc1ccccc1OC(=O)Oc1ccc(C)c(C)c1C. The largest absolute Gasteiger partial charge is 0.519 e. The summed E-state index contributed by atoms with van der Waals surface area (Å²) in [5.74, 6) is 1.11. The minimum Gasteiger partial charge on any atom is -0.394 e. The lowest BCUT2D eigenvalue weighted by molar-refractivity contribution is 0.151. The highest BCUT2D eigenvalue weighted by atomic mass is 16.7. The Morgan fingerprint density at radius 3 is 2.32 bits per heavy atom. The zero-order valence-corrected chi connectivity index (χ0v) is 13.6. The van der Waals surface area contributed by atoms with Crippen molar-refractivity contribution < 1.29 is 14.3 Å². The molecule has 0 bridgehead atoms. The van der Waals surface area contributed by atoms with Crippen LogP contribution in [0.5, 0.6) is 11.5 Å². The first kappa shape index (κ1) is 16.1. The molecule has 0 radical (unpaired) electrons. The monoisotopic (exact) mass is 298 g/mol. The molecule has 0 saturated carbocycles. The molecule has 2 aromatic carbocycles. The molecule has 0 fully saturated rings. The topological polar surface area (TPSA) is 35.5 Å². The molecule has 2 rings (SSSR count). The van der Waals surface area contributed by atoms with Crippen molar-refractivity contribution in [3.63, 3.8) is 0 Å². The van der Waals surface area contributed by atoms with Gasteiger partial charge >= 0.3 is 6.16 Å². The summed E-state index contributed by atoms with van der Waals surface area (Å²) in [5.41, 5.74) is 4.26. The van der Waals surface area contributed by atoms with Gasteiger partial charge in [-0.05, 0) is 61.6 Å². The van der Waals surface area contributed by atoms with Gasteiger partial charge in [0.05, 0.1) is 0 Å². The molecular formula is C19H22O3. The Kier molecular flexibility index (Phi) is 5.21. The Labute approximate surface area is 131 Å². The van der Waals surface area contributed by atoms with Crippen LogP contribution in [0.2, 0.25) is 0 Å². The first-order chi connectivity index (χ1) is 10.5. The first-order valence-electron chi connectivity index (χ1n) is 7.57. The zero-order valence-electron chi connectivity index (χ0n) is 13.6. The molecule has 0 saturated heterocycles. The van der Waals surface area contributed by atoms with Crippen LogP contribution in [-0.4, -0.2) is 6.16 Å². The number of ether oxygens (including phenoxy) is 2. The Hall–Kier alpha value is -2.29. The Morgan fingerprint density at radius 1 is 0.909 bits per heavy atom. The van der Waals surface area contributed by atoms with Gasteiger partial charge in [0.25, 0.3) is 0 Å². The van der Waals surface area contributed by atoms with Gasteiger partial charge in [-0.1, -0.05) is 37.6 Å². The van der Waals surface area contributed by atoms with Gasteiger partial charge in [-0.2, -0.15) is 0 Å². The van der Waals surface area contributed by atoms with Gasteiger partial charge in [0.15, 0.2) is 0 Å². The van der Waals surface area contributed by atoms with E-state index in [9.17, 15) is 4.79 Å². The molecule has 0 atom stereocenters. The van der Waals surface area contributed by atoms with Crippen LogP contribution in [0.4, 0.5) is 4.79 Å². The smallest absolute Gasteiger partial charge is 0.394 e. The second-order valence-electron chi connectivity index (χ2n) is 5.44. The minimum absolute atomic E-state index is 0.543. The van der Waals surface area contributed by atoms with Crippen molar-refractivity contribution >= 4 is 6.16 Å². The molecule has 2 aromatic rings. The number of benzene rings is 2. The molecule has 0 unspecified atom stereocenters. The number of rotatable bonds is 4. The van der Waals surface area contributed by atoms with Crippen molar-refractivity contribution in [1.82, 2.24) is 0 Å². The second kappa shape index (κ2) is 7.12. The lowest BCUT2D eigenvalue weighted by Gasteiger charge is -2.12. The molecule has 0 N–H and O–H groups in total. The third kappa shape index (κ3) is 3.67. The number of hydrogen-bond donors (Lipinski definition) is 0. The molecule has 3 heteroatoms. The fraction of sp³-hybridized carbons (Fsp3) is 0.316. The van der Waals surface area contributed by atoms with Crippen LogP contribution in [0.25, 0.3) is 0 Å². The highest BCUT2D eigenvalue weighted by molar-refractivity contribution is 5.68. The van der Waals surface area contributed by atoms with Gasteiger partial charge < -0.3 is 9.47 Å². The van der Waals surface area contributed by atoms with Crippen molar-refractivity contribution in [3.05, 3.63) is 58.7 Å². The highest BCUT2D eigenvalue weighted by Gasteiger charge is 2.13. The van der Waals surface area contributed by atoms with Gasteiger partial charge in [0.2, 0.25) is 0 Å². The van der Waals surface area contributed by atoms with E-state index in [4.69, 9.17) is 9.47 Å². The Morgan fingerprint density at radius 2 is 1.59 bits per heavy atom. The zero-order chi connectivity index (χ0) is 16.1. The van der Waals surface area contributed by atoms with E-state index in [1.165, 1.54) is 5.56 Å². The lowest BCUT2D eigenvalue weighted by Crippen LogP contribution is -2.15. The van der Waals surface area contributed by atoms with Crippen LogP contribution < -0.4 is 9.47 Å². The fourth-order valence-corrected chi connectivity index (χ4v) is 2.32. The third-order valence-corrected chi connectivity index (χ3v) is 3.89. The standard InChI is InChI=1S/C19H22O3/c1-5-8-16-9-6-7-10-18(16)22-19(20)21-17-12-11-13(2)14(3)15(17)4/h6-7,9-12H,5,8H2,1-4H3. The normalized spacial score (nSPS) is 10.4. The maximum absolute atomic E-state index is 12.0. The molecule has 0 aliphatic rings. The summed E-state index contributed by atoms with van der Waals surface area (Å²) in [6, 6.07) is 11.3. The Balaban J connectivity index is 2.13. The van der Waals surface area contributed by atoms with E-state index in [1.807, 2.05) is 45.0 Å². The van der Waals surface area contributed by atoms with Gasteiger partial charge in [-0.3, -0.25) is 0 Å². The summed E-state index contributed by atoms with van der Waals surface area (Å²) in [6.07, 6.45) is 1.16. The van der Waals surface area contributed by atoms with Crippen LogP contribution >= 0.6 is 0 Å². The number of carbonyl (C=O) groups excluding carboxylic acids is 1. The molecule has 3 nitrogen and oxygen atoms in total. The quantitative estimate of drug-likeness (QED) is 0.579. The number of aryl methyl sites for hydroxylation is 2. The summed E-state index contributed by atoms with van der Waals surface area (Å²) in [4.78, 5) is 12.0. The molecule has 0 spiro atoms. The van der Waals surface area contributed by atoms with E-state index in [-0.39, 0.29) is 0 Å². The molecule has 0 aromatic heterocycles. The van der Waals surface area contributed by atoms with Crippen molar-refractivity contribution in [2.75, 3.05) is 0 Å². The van der Waals surface area contributed by atoms with Crippen LogP contribution in [0.15, 0.2) is 36.4 Å². The van der Waals surface area contributed by atoms with E-state index in [0.29, 0.717) is 11.5 Å². The van der Waals surface area contributed by atoms with E-state index in [0.717, 1.165) is 29.5 Å². The van der Waals surface area contributed by atoms with Crippen LogP contribution in [0.1, 0.15) is 35.6 Å². The summed E-state index contributed by atoms with van der Waals surface area (Å²) in [7, 11) is 0. The van der Waals surface area contributed by atoms with Crippen LogP contribution in [-0.2, 0) is 6.42 Å². The van der Waals surface area contributed by atoms with E-state index in [2.05, 4.69) is 6.92 Å². The predicted octanol–water partition coefficient (Wildman–Crippen LogP) is 5.14. The van der Waals surface area contributed by atoms with E-state index >= 15 is 0 Å². The Bertz CT molecular complexity index is 674. The fourth-order valence-electron chi connectivity index (χ4n) is 2.32. The number of para-hydroxylation sites is 1. The minimum atomic E-state index is -0.699. The van der Waals surface area contributed by atoms with Crippen molar-refractivity contribution in [2.45, 2.75) is 40.5 Å². The molecular weight excluding hydrogens is 276 g/mol. The van der Waals surface area contributed by atoms with Gasteiger partial charge in [-0.15, -0.1) is 0 Å². The van der Waals surface area contributed by atoms with Crippen LogP contribution in [0.3, 0.4) is 0 Å². The van der Waals surface area contributed by atoms with E-state index < -0.39 is 6.16 Å². The van der Waals surface area contributed by atoms with Gasteiger partial charge in [-0.25, -0.2) is 4.79 Å². The maximum Gasteiger partial charge on any atom is 0.519 e. The van der Waals surface area contributed by atoms with Crippen LogP contribution in [0, 0.1) is 20.8 Å². The van der Waals surface area contributed by atoms with Crippen molar-refractivity contribution in [2.24, 2.45) is 0 Å². The van der Waals surface area contributed by atoms with E-state index in [1.54, 1.807) is 12.1 Å². The summed E-state index contributed by atoms with van der Waals surface area (Å²) < 4.78 is 10.7. The number of carbonyl (C=O) groups is 1. The number of hydrogen-bond acceptors (Lipinski definition) is 3. The summed E-state index contributed by atoms with van der Waals surface area (Å²) >= 11 is 0. The first-order valence-corrected chi connectivity index (χ1v) is 7.57. The third-order valence-electron chi connectivity index (χ3n) is 3.89. The molecule has 0 aliphatic carbocycles. The lowest BCUT2D eigenvalue weighted by atomic mass is 10.0. The second-order valence-corrected chi connectivity index (χ2v) is 5.44. The average Bonchev–Trinajstić information content (AvgIpc) is 2.50. The van der Waals surface area contributed by atoms with Crippen molar-refractivity contribution in [1.29, 1.82) is 0 Å². The van der Waals surface area contributed by atoms with Crippen molar-refractivity contribution in [3.8, 4) is 11.5 Å². The molecule has 116 valence electrons. The van der Waals surface area contributed by atoms with Gasteiger partial charge in [0, 0.05) is 0 Å². The summed E-state index contributed by atoms with van der Waals surface area (Å²) in [6.45, 7) is 8.08. The molecule has 0 heterocycles. The highest BCUT2D eigenvalue weighted by Crippen LogP contribution is 2.25. The maximum atomic E-state index is 12.0. The summed E-state index contributed by atoms with van der Waals surface area (Å²) in [5, 5.41) is 0. The van der Waals surface area contributed by atoms with Gasteiger partial charge in [0.1, 0.15) is 11.5 Å². The molecule has 22 heavy (non-hydrogen) atoms. The molecule has 0 amide bonds. The average molecular weight is 298 g/mol.